The molecule has 1 aromatic carbocycles. The Balaban J connectivity index is 1.69. The van der Waals surface area contributed by atoms with Crippen molar-refractivity contribution in [3.8, 4) is 0 Å². The molecule has 0 aliphatic rings. The minimum atomic E-state index is -0.273. The van der Waals surface area contributed by atoms with Gasteiger partial charge in [-0.2, -0.15) is 0 Å². The number of carbonyl (C=O) groups excluding carboxylic acids is 1. The van der Waals surface area contributed by atoms with Gasteiger partial charge in [0.05, 0.1) is 22.4 Å². The number of carbonyl (C=O) groups is 1. The van der Waals surface area contributed by atoms with Gasteiger partial charge in [0.1, 0.15) is 6.04 Å². The maximum absolute atomic E-state index is 12.7. The van der Waals surface area contributed by atoms with E-state index in [4.69, 9.17) is 0 Å². The van der Waals surface area contributed by atoms with E-state index < -0.39 is 0 Å². The first kappa shape index (κ1) is 15.7. The molecule has 0 saturated carbocycles. The second-order valence-electron chi connectivity index (χ2n) is 5.69. The van der Waals surface area contributed by atoms with Crippen LogP contribution in [0.4, 0.5) is 0 Å². The Bertz CT molecular complexity index is 823. The first-order valence-corrected chi connectivity index (χ1v) is 8.46. The highest BCUT2D eigenvalue weighted by Gasteiger charge is 2.20. The number of fused-ring (bicyclic) bond motifs is 1. The van der Waals surface area contributed by atoms with E-state index in [1.54, 1.807) is 22.6 Å². The Kier molecular flexibility index (Phi) is 4.43. The van der Waals surface area contributed by atoms with Gasteiger partial charge in [-0.25, -0.2) is 9.97 Å². The quantitative estimate of drug-likeness (QED) is 0.723. The molecule has 120 valence electrons. The number of thiazole rings is 1. The number of nitrogens with zero attached hydrogens (tertiary/aromatic N) is 4. The fourth-order valence-corrected chi connectivity index (χ4v) is 3.39. The largest absolute Gasteiger partial charge is 0.344 e. The molecule has 23 heavy (non-hydrogen) atoms. The van der Waals surface area contributed by atoms with Crippen LogP contribution in [0.5, 0.6) is 0 Å². The van der Waals surface area contributed by atoms with Gasteiger partial charge in [0, 0.05) is 31.1 Å². The van der Waals surface area contributed by atoms with Gasteiger partial charge in [-0.15, -0.1) is 11.3 Å². The lowest BCUT2D eigenvalue weighted by molar-refractivity contribution is -0.132. The monoisotopic (exact) mass is 328 g/mol. The molecule has 0 spiro atoms. The van der Waals surface area contributed by atoms with Gasteiger partial charge in [-0.1, -0.05) is 12.1 Å². The lowest BCUT2D eigenvalue weighted by atomic mass is 10.2. The molecule has 5 nitrogen and oxygen atoms in total. The molecule has 3 aromatic rings. The smallest absolute Gasteiger partial charge is 0.245 e. The molecule has 0 radical (unpaired) electrons. The van der Waals surface area contributed by atoms with Crippen molar-refractivity contribution in [3.63, 3.8) is 0 Å². The average Bonchev–Trinajstić information content (AvgIpc) is 3.17. The average molecular weight is 328 g/mol. The standard InChI is InChI=1S/C17H20N4OS/c1-12-10-18-16(23-12)8-9-20(3)17(22)13(2)21-11-19-14-6-4-5-7-15(14)21/h4-7,10-11,13H,8-9H2,1-3H3. The fraction of sp³-hybridized carbons (Fsp3) is 0.353. The molecule has 3 rings (SSSR count). The second kappa shape index (κ2) is 6.50. The number of aromatic nitrogens is 3. The fourth-order valence-electron chi connectivity index (χ4n) is 2.62. The number of hydrogen-bond donors (Lipinski definition) is 0. The van der Waals surface area contributed by atoms with Gasteiger partial charge in [0.2, 0.25) is 5.91 Å². The summed E-state index contributed by atoms with van der Waals surface area (Å²) in [5.74, 6) is 0.0847. The topological polar surface area (TPSA) is 51.0 Å². The zero-order chi connectivity index (χ0) is 16.4. The predicted octanol–water partition coefficient (Wildman–Crippen LogP) is 3.06. The zero-order valence-electron chi connectivity index (χ0n) is 13.6. The molecule has 2 aromatic heterocycles. The van der Waals surface area contributed by atoms with E-state index in [9.17, 15) is 4.79 Å². The Labute approximate surface area is 139 Å². The summed E-state index contributed by atoms with van der Waals surface area (Å²) in [7, 11) is 1.85. The Hall–Kier alpha value is -2.21. The van der Waals surface area contributed by atoms with Gasteiger partial charge in [-0.05, 0) is 26.0 Å². The Morgan fingerprint density at radius 1 is 1.35 bits per heavy atom. The first-order chi connectivity index (χ1) is 11.1. The summed E-state index contributed by atoms with van der Waals surface area (Å²) in [5, 5.41) is 1.07. The summed E-state index contributed by atoms with van der Waals surface area (Å²) in [4.78, 5) is 24.4. The summed E-state index contributed by atoms with van der Waals surface area (Å²) in [6.07, 6.45) is 4.41. The van der Waals surface area contributed by atoms with E-state index in [0.717, 1.165) is 22.5 Å². The minimum absolute atomic E-state index is 0.0847. The van der Waals surface area contributed by atoms with Crippen LogP contribution in [0.15, 0.2) is 36.8 Å². The molecule has 0 aliphatic carbocycles. The van der Waals surface area contributed by atoms with Gasteiger partial charge in [0.15, 0.2) is 0 Å². The van der Waals surface area contributed by atoms with Gasteiger partial charge >= 0.3 is 0 Å². The molecular weight excluding hydrogens is 308 g/mol. The normalized spacial score (nSPS) is 12.5. The molecule has 2 heterocycles. The highest BCUT2D eigenvalue weighted by atomic mass is 32.1. The first-order valence-electron chi connectivity index (χ1n) is 7.64. The van der Waals surface area contributed by atoms with Crippen molar-refractivity contribution in [2.75, 3.05) is 13.6 Å². The summed E-state index contributed by atoms with van der Waals surface area (Å²) >= 11 is 1.69. The number of likely N-dealkylation sites (N-methyl/N-ethyl adjacent to an activating group) is 1. The van der Waals surface area contributed by atoms with Crippen molar-refractivity contribution >= 4 is 28.3 Å². The van der Waals surface area contributed by atoms with Crippen LogP contribution in [0.2, 0.25) is 0 Å². The van der Waals surface area contributed by atoms with Crippen LogP contribution in [0, 0.1) is 6.92 Å². The third kappa shape index (κ3) is 3.27. The third-order valence-corrected chi connectivity index (χ3v) is 4.93. The summed E-state index contributed by atoms with van der Waals surface area (Å²) < 4.78 is 1.93. The lowest BCUT2D eigenvalue weighted by Crippen LogP contribution is -2.34. The van der Waals surface area contributed by atoms with Crippen LogP contribution in [-0.4, -0.2) is 38.9 Å². The number of amides is 1. The molecule has 0 saturated heterocycles. The Morgan fingerprint density at radius 3 is 2.87 bits per heavy atom. The highest BCUT2D eigenvalue weighted by molar-refractivity contribution is 7.11. The number of hydrogen-bond acceptors (Lipinski definition) is 4. The maximum Gasteiger partial charge on any atom is 0.245 e. The third-order valence-electron chi connectivity index (χ3n) is 3.96. The van der Waals surface area contributed by atoms with Crippen LogP contribution in [0.1, 0.15) is 22.9 Å². The van der Waals surface area contributed by atoms with Crippen molar-refractivity contribution in [2.24, 2.45) is 0 Å². The number of rotatable bonds is 5. The minimum Gasteiger partial charge on any atom is -0.344 e. The van der Waals surface area contributed by atoms with Crippen LogP contribution in [0.25, 0.3) is 11.0 Å². The van der Waals surface area contributed by atoms with E-state index in [2.05, 4.69) is 9.97 Å². The number of imidazole rings is 1. The summed E-state index contributed by atoms with van der Waals surface area (Å²) in [6.45, 7) is 4.63. The molecule has 0 aliphatic heterocycles. The van der Waals surface area contributed by atoms with E-state index >= 15 is 0 Å². The van der Waals surface area contributed by atoms with E-state index in [1.165, 1.54) is 4.88 Å². The zero-order valence-corrected chi connectivity index (χ0v) is 14.4. The predicted molar refractivity (Wildman–Crippen MR) is 92.6 cm³/mol. The molecule has 1 atom stereocenters. The van der Waals surface area contributed by atoms with Crippen LogP contribution in [-0.2, 0) is 11.2 Å². The van der Waals surface area contributed by atoms with Crippen LogP contribution < -0.4 is 0 Å². The van der Waals surface area contributed by atoms with Crippen LogP contribution in [0.3, 0.4) is 0 Å². The van der Waals surface area contributed by atoms with Crippen molar-refractivity contribution < 1.29 is 4.79 Å². The number of benzene rings is 1. The number of aryl methyl sites for hydroxylation is 1. The maximum atomic E-state index is 12.7. The Morgan fingerprint density at radius 2 is 2.13 bits per heavy atom. The van der Waals surface area contributed by atoms with E-state index in [1.807, 2.05) is 55.9 Å². The second-order valence-corrected chi connectivity index (χ2v) is 7.01. The van der Waals surface area contributed by atoms with Crippen molar-refractivity contribution in [1.82, 2.24) is 19.4 Å². The molecular formula is C17H20N4OS. The van der Waals surface area contributed by atoms with E-state index in [0.29, 0.717) is 6.54 Å². The summed E-state index contributed by atoms with van der Waals surface area (Å²) in [6, 6.07) is 7.59. The highest BCUT2D eigenvalue weighted by Crippen LogP contribution is 2.19. The molecule has 0 N–H and O–H groups in total. The lowest BCUT2D eigenvalue weighted by Gasteiger charge is -2.22. The molecule has 0 bridgehead atoms. The molecule has 0 fully saturated rings. The van der Waals surface area contributed by atoms with Crippen LogP contribution >= 0.6 is 11.3 Å². The molecule has 1 amide bonds. The van der Waals surface area contributed by atoms with E-state index in [-0.39, 0.29) is 11.9 Å². The van der Waals surface area contributed by atoms with Crippen molar-refractivity contribution in [2.45, 2.75) is 26.3 Å². The van der Waals surface area contributed by atoms with Crippen molar-refractivity contribution in [3.05, 3.63) is 46.7 Å². The molecule has 1 unspecified atom stereocenters. The SMILES string of the molecule is Cc1cnc(CCN(C)C(=O)C(C)n2cnc3ccccc32)s1. The molecule has 6 heteroatoms. The number of para-hydroxylation sites is 2. The van der Waals surface area contributed by atoms with Gasteiger partial charge in [-0.3, -0.25) is 4.79 Å². The summed E-state index contributed by atoms with van der Waals surface area (Å²) in [5.41, 5.74) is 1.89. The van der Waals surface area contributed by atoms with Crippen molar-refractivity contribution in [1.29, 1.82) is 0 Å². The van der Waals surface area contributed by atoms with Gasteiger partial charge < -0.3 is 9.47 Å². The van der Waals surface area contributed by atoms with Gasteiger partial charge in [0.25, 0.3) is 0 Å².